The molecule has 0 radical (unpaired) electrons. The molecule has 1 aliphatic heterocycles. The van der Waals surface area contributed by atoms with Crippen molar-refractivity contribution >= 4 is 23.3 Å². The van der Waals surface area contributed by atoms with Gasteiger partial charge in [0.05, 0.1) is 17.5 Å². The molecule has 0 aliphatic carbocycles. The number of nitrogens with one attached hydrogen (secondary N) is 3. The summed E-state index contributed by atoms with van der Waals surface area (Å²) in [6.45, 7) is 6.16. The largest absolute Gasteiger partial charge is 0.491 e. The van der Waals surface area contributed by atoms with Crippen molar-refractivity contribution in [2.75, 3.05) is 17.2 Å². The fourth-order valence-corrected chi connectivity index (χ4v) is 2.73. The van der Waals surface area contributed by atoms with E-state index in [4.69, 9.17) is 9.47 Å². The number of amides is 3. The zero-order valence-electron chi connectivity index (χ0n) is 15.6. The maximum atomic E-state index is 12.3. The highest BCUT2D eigenvalue weighted by atomic mass is 16.5. The van der Waals surface area contributed by atoms with Gasteiger partial charge < -0.3 is 25.4 Å². The summed E-state index contributed by atoms with van der Waals surface area (Å²) in [7, 11) is 0. The van der Waals surface area contributed by atoms with Gasteiger partial charge in [-0.2, -0.15) is 0 Å². The number of anilines is 2. The minimum Gasteiger partial charge on any atom is -0.491 e. The summed E-state index contributed by atoms with van der Waals surface area (Å²) in [5.74, 6) is 0.987. The summed E-state index contributed by atoms with van der Waals surface area (Å²) >= 11 is 0. The third-order valence-electron chi connectivity index (χ3n) is 3.91. The standard InChI is InChI=1S/C20H23N3O4/c1-12(2)27-17-9-13(3)7-8-14(17)10-21-20(25)23-16-6-4-5-15-19(16)26-11-18(24)22-15/h4-9,12H,10-11H2,1-3H3,(H,22,24)(H2,21,23,25). The van der Waals surface area contributed by atoms with Gasteiger partial charge in [0.25, 0.3) is 5.91 Å². The Morgan fingerprint density at radius 3 is 2.89 bits per heavy atom. The fraction of sp³-hybridized carbons (Fsp3) is 0.300. The number of rotatable bonds is 5. The second kappa shape index (κ2) is 7.99. The third-order valence-corrected chi connectivity index (χ3v) is 3.91. The summed E-state index contributed by atoms with van der Waals surface area (Å²) in [5, 5.41) is 8.29. The minimum absolute atomic E-state index is 0.0441. The van der Waals surface area contributed by atoms with Crippen molar-refractivity contribution in [3.8, 4) is 11.5 Å². The maximum Gasteiger partial charge on any atom is 0.319 e. The summed E-state index contributed by atoms with van der Waals surface area (Å²) in [6, 6.07) is 10.7. The zero-order valence-corrected chi connectivity index (χ0v) is 15.6. The number of carbonyl (C=O) groups excluding carboxylic acids is 2. The average molecular weight is 369 g/mol. The molecule has 1 heterocycles. The molecule has 27 heavy (non-hydrogen) atoms. The lowest BCUT2D eigenvalue weighted by atomic mass is 10.1. The quantitative estimate of drug-likeness (QED) is 0.753. The molecule has 2 aromatic carbocycles. The number of fused-ring (bicyclic) bond motifs is 1. The van der Waals surface area contributed by atoms with E-state index in [0.29, 0.717) is 23.7 Å². The molecule has 3 rings (SSSR count). The summed E-state index contributed by atoms with van der Waals surface area (Å²) in [4.78, 5) is 23.7. The number of para-hydroxylation sites is 1. The molecule has 0 spiro atoms. The van der Waals surface area contributed by atoms with E-state index in [1.807, 2.05) is 39.0 Å². The summed E-state index contributed by atoms with van der Waals surface area (Å²) in [5.41, 5.74) is 3.01. The summed E-state index contributed by atoms with van der Waals surface area (Å²) < 4.78 is 11.3. The predicted octanol–water partition coefficient (Wildman–Crippen LogP) is 3.43. The van der Waals surface area contributed by atoms with Gasteiger partial charge in [0.15, 0.2) is 12.4 Å². The van der Waals surface area contributed by atoms with Crippen molar-refractivity contribution in [1.29, 1.82) is 0 Å². The van der Waals surface area contributed by atoms with E-state index in [0.717, 1.165) is 16.9 Å². The van der Waals surface area contributed by atoms with E-state index in [1.165, 1.54) is 0 Å². The lowest BCUT2D eigenvalue weighted by Crippen LogP contribution is -2.30. The number of hydrogen-bond acceptors (Lipinski definition) is 4. The van der Waals surface area contributed by atoms with E-state index in [-0.39, 0.29) is 24.6 Å². The predicted molar refractivity (Wildman–Crippen MR) is 103 cm³/mol. The van der Waals surface area contributed by atoms with Crippen LogP contribution < -0.4 is 25.4 Å². The molecule has 0 saturated heterocycles. The van der Waals surface area contributed by atoms with Gasteiger partial charge in [-0.15, -0.1) is 0 Å². The normalized spacial score (nSPS) is 12.7. The molecule has 0 aromatic heterocycles. The number of aryl methyl sites for hydroxylation is 1. The van der Waals surface area contributed by atoms with Crippen LogP contribution in [0, 0.1) is 6.92 Å². The molecule has 3 amide bonds. The number of ether oxygens (including phenoxy) is 2. The van der Waals surface area contributed by atoms with Gasteiger partial charge in [-0.05, 0) is 44.5 Å². The van der Waals surface area contributed by atoms with E-state index in [1.54, 1.807) is 18.2 Å². The Kier molecular flexibility index (Phi) is 5.49. The lowest BCUT2D eigenvalue weighted by Gasteiger charge is -2.21. The molecule has 2 aromatic rings. The van der Waals surface area contributed by atoms with Gasteiger partial charge in [-0.1, -0.05) is 18.2 Å². The van der Waals surface area contributed by atoms with Gasteiger partial charge in [-0.25, -0.2) is 4.79 Å². The van der Waals surface area contributed by atoms with Crippen LogP contribution in [0.25, 0.3) is 0 Å². The summed E-state index contributed by atoms with van der Waals surface area (Å²) in [6.07, 6.45) is 0.0441. The van der Waals surface area contributed by atoms with E-state index < -0.39 is 0 Å². The van der Waals surface area contributed by atoms with Gasteiger partial charge >= 0.3 is 6.03 Å². The van der Waals surface area contributed by atoms with Gasteiger partial charge in [0.2, 0.25) is 0 Å². The van der Waals surface area contributed by atoms with Crippen molar-refractivity contribution in [3.05, 3.63) is 47.5 Å². The first-order chi connectivity index (χ1) is 12.9. The monoisotopic (exact) mass is 369 g/mol. The van der Waals surface area contributed by atoms with Crippen molar-refractivity contribution in [1.82, 2.24) is 5.32 Å². The highest BCUT2D eigenvalue weighted by molar-refractivity contribution is 5.99. The number of carbonyl (C=O) groups is 2. The minimum atomic E-state index is -0.375. The number of hydrogen-bond donors (Lipinski definition) is 3. The zero-order chi connectivity index (χ0) is 19.4. The van der Waals surface area contributed by atoms with Crippen LogP contribution >= 0.6 is 0 Å². The second-order valence-electron chi connectivity index (χ2n) is 6.60. The van der Waals surface area contributed by atoms with Crippen LogP contribution in [0.1, 0.15) is 25.0 Å². The molecular weight excluding hydrogens is 346 g/mol. The Morgan fingerprint density at radius 2 is 2.11 bits per heavy atom. The maximum absolute atomic E-state index is 12.3. The molecule has 7 nitrogen and oxygen atoms in total. The second-order valence-corrected chi connectivity index (χ2v) is 6.60. The Balaban J connectivity index is 1.66. The molecule has 0 atom stereocenters. The van der Waals surface area contributed by atoms with Crippen LogP contribution in [0.4, 0.5) is 16.2 Å². The van der Waals surface area contributed by atoms with Gasteiger partial charge in [0.1, 0.15) is 5.75 Å². The lowest BCUT2D eigenvalue weighted by molar-refractivity contribution is -0.118. The average Bonchev–Trinajstić information content (AvgIpc) is 2.60. The van der Waals surface area contributed by atoms with Crippen LogP contribution in [0.5, 0.6) is 11.5 Å². The Bertz CT molecular complexity index is 864. The topological polar surface area (TPSA) is 88.7 Å². The van der Waals surface area contributed by atoms with Crippen LogP contribution in [-0.4, -0.2) is 24.6 Å². The SMILES string of the molecule is Cc1ccc(CNC(=O)Nc2cccc3c2OCC(=O)N3)c(OC(C)C)c1. The van der Waals surface area contributed by atoms with Crippen molar-refractivity contribution in [3.63, 3.8) is 0 Å². The van der Waals surface area contributed by atoms with Crippen LogP contribution in [0.15, 0.2) is 36.4 Å². The van der Waals surface area contributed by atoms with E-state index >= 15 is 0 Å². The molecule has 3 N–H and O–H groups in total. The van der Waals surface area contributed by atoms with Gasteiger partial charge in [-0.3, -0.25) is 4.79 Å². The molecule has 1 aliphatic rings. The van der Waals surface area contributed by atoms with Crippen molar-refractivity contribution in [2.24, 2.45) is 0 Å². The smallest absolute Gasteiger partial charge is 0.319 e. The third kappa shape index (κ3) is 4.69. The number of urea groups is 1. The Hall–Kier alpha value is -3.22. The fourth-order valence-electron chi connectivity index (χ4n) is 2.73. The highest BCUT2D eigenvalue weighted by Crippen LogP contribution is 2.35. The van der Waals surface area contributed by atoms with E-state index in [2.05, 4.69) is 16.0 Å². The molecule has 0 bridgehead atoms. The highest BCUT2D eigenvalue weighted by Gasteiger charge is 2.20. The first-order valence-corrected chi connectivity index (χ1v) is 8.79. The molecule has 142 valence electrons. The first kappa shape index (κ1) is 18.6. The number of benzene rings is 2. The van der Waals surface area contributed by atoms with E-state index in [9.17, 15) is 9.59 Å². The van der Waals surface area contributed by atoms with Crippen LogP contribution in [-0.2, 0) is 11.3 Å². The van der Waals surface area contributed by atoms with Gasteiger partial charge in [0, 0.05) is 12.1 Å². The van der Waals surface area contributed by atoms with Crippen LogP contribution in [0.2, 0.25) is 0 Å². The van der Waals surface area contributed by atoms with Crippen molar-refractivity contribution in [2.45, 2.75) is 33.4 Å². The Labute approximate surface area is 158 Å². The van der Waals surface area contributed by atoms with Crippen molar-refractivity contribution < 1.29 is 19.1 Å². The molecule has 0 fully saturated rings. The molecule has 7 heteroatoms. The molecular formula is C20H23N3O4. The molecule has 0 saturated carbocycles. The molecule has 0 unspecified atom stereocenters. The first-order valence-electron chi connectivity index (χ1n) is 8.79. The Morgan fingerprint density at radius 1 is 1.30 bits per heavy atom. The van der Waals surface area contributed by atoms with Crippen LogP contribution in [0.3, 0.4) is 0 Å².